The van der Waals surface area contributed by atoms with Crippen LogP contribution < -0.4 is 0 Å². The quantitative estimate of drug-likeness (QED) is 0.442. The molecule has 1 nitrogen and oxygen atoms in total. The van der Waals surface area contributed by atoms with Crippen LogP contribution in [-0.2, 0) is 0 Å². The van der Waals surface area contributed by atoms with Crippen molar-refractivity contribution in [1.29, 1.82) is 0 Å². The summed E-state index contributed by atoms with van der Waals surface area (Å²) in [4.78, 5) is 3.78. The zero-order valence-corrected chi connectivity index (χ0v) is 10.0. The molecule has 0 saturated heterocycles. The predicted molar refractivity (Wildman–Crippen MR) is 65.4 cm³/mol. The third kappa shape index (κ3) is 94.1. The van der Waals surface area contributed by atoms with Crippen LogP contribution >= 0.6 is 0 Å². The van der Waals surface area contributed by atoms with Gasteiger partial charge in [-0.05, 0) is 18.9 Å². The zero-order valence-electron chi connectivity index (χ0n) is 10.0. The first kappa shape index (κ1) is 18.0. The number of hydrogen-bond donors (Lipinski definition) is 0. The highest BCUT2D eigenvalue weighted by molar-refractivity contribution is 5.54. The van der Waals surface area contributed by atoms with E-state index in [0.29, 0.717) is 0 Å². The molecule has 78 valence electrons. The van der Waals surface area contributed by atoms with E-state index in [1.165, 1.54) is 0 Å². The number of allylic oxidation sites excluding steroid dienone is 2. The van der Waals surface area contributed by atoms with E-state index >= 15 is 0 Å². The molecule has 0 radical (unpaired) electrons. The van der Waals surface area contributed by atoms with Crippen molar-refractivity contribution in [2.24, 2.45) is 10.9 Å². The third-order valence-corrected chi connectivity index (χ3v) is 0.457. The first-order chi connectivity index (χ1) is 6.15. The normalized spacial score (nSPS) is 9.15. The molecule has 0 amide bonds. The molecule has 0 saturated carbocycles. The maximum Gasteiger partial charge on any atom is 0.0263 e. The Morgan fingerprint density at radius 2 is 1.54 bits per heavy atom. The van der Waals surface area contributed by atoms with Gasteiger partial charge in [-0.2, -0.15) is 0 Å². The van der Waals surface area contributed by atoms with E-state index < -0.39 is 0 Å². The monoisotopic (exact) mass is 183 g/mol. The van der Waals surface area contributed by atoms with Crippen LogP contribution in [0.15, 0.2) is 29.9 Å². The first-order valence-electron chi connectivity index (χ1n) is 4.90. The van der Waals surface area contributed by atoms with Crippen molar-refractivity contribution in [3.63, 3.8) is 0 Å². The molecule has 1 heteroatoms. The second kappa shape index (κ2) is 22.5. The molecule has 0 N–H and O–H groups in total. The molecule has 0 atom stereocenters. The Kier molecular flexibility index (Phi) is 31.2. The first-order valence-corrected chi connectivity index (χ1v) is 4.90. The molecule has 0 heterocycles. The summed E-state index contributed by atoms with van der Waals surface area (Å²) >= 11 is 0. The molecule has 0 bridgehead atoms. The standard InChI is InChI=1S/C6H9N.C4H10.C2H6/c1-3-5-6-7-4-2;1-4(2)3;1-2/h3-6H,1H2,2H3;4H,1-3H3;1-2H3/b6-5-,7-4?;;. The van der Waals surface area contributed by atoms with E-state index in [4.69, 9.17) is 0 Å². The van der Waals surface area contributed by atoms with Gasteiger partial charge in [-0.1, -0.05) is 47.3 Å². The molecule has 0 spiro atoms. The van der Waals surface area contributed by atoms with Crippen LogP contribution in [0.25, 0.3) is 0 Å². The van der Waals surface area contributed by atoms with Gasteiger partial charge in [-0.3, -0.25) is 4.99 Å². The van der Waals surface area contributed by atoms with E-state index in [1.54, 1.807) is 24.6 Å². The third-order valence-electron chi connectivity index (χ3n) is 0.457. The average molecular weight is 183 g/mol. The largest absolute Gasteiger partial charge is 0.269 e. The summed E-state index contributed by atoms with van der Waals surface area (Å²) in [5, 5.41) is 0. The van der Waals surface area contributed by atoms with Gasteiger partial charge in [0.25, 0.3) is 0 Å². The van der Waals surface area contributed by atoms with Crippen molar-refractivity contribution in [2.75, 3.05) is 0 Å². The van der Waals surface area contributed by atoms with E-state index in [0.717, 1.165) is 5.92 Å². The van der Waals surface area contributed by atoms with Crippen LogP contribution in [0, 0.1) is 5.92 Å². The van der Waals surface area contributed by atoms with Gasteiger partial charge in [0.2, 0.25) is 0 Å². The zero-order chi connectivity index (χ0) is 11.1. The number of nitrogens with zero attached hydrogens (tertiary/aromatic N) is 1. The number of aliphatic imine (C=N–C) groups is 1. The van der Waals surface area contributed by atoms with Crippen LogP contribution in [0.1, 0.15) is 41.5 Å². The Bertz CT molecular complexity index is 118. The van der Waals surface area contributed by atoms with E-state index in [9.17, 15) is 0 Å². The van der Waals surface area contributed by atoms with Gasteiger partial charge >= 0.3 is 0 Å². The Hall–Kier alpha value is -0.850. The predicted octanol–water partition coefficient (Wildman–Crippen LogP) is 4.47. The molecule has 0 aliphatic rings. The summed E-state index contributed by atoms with van der Waals surface area (Å²) in [6.07, 6.45) is 6.88. The molecule has 13 heavy (non-hydrogen) atoms. The van der Waals surface area contributed by atoms with Crippen LogP contribution in [0.2, 0.25) is 0 Å². The molecule has 0 aromatic carbocycles. The van der Waals surface area contributed by atoms with Crippen molar-refractivity contribution in [3.8, 4) is 0 Å². The Morgan fingerprint density at radius 3 is 1.77 bits per heavy atom. The van der Waals surface area contributed by atoms with E-state index in [1.807, 2.05) is 20.8 Å². The summed E-state index contributed by atoms with van der Waals surface area (Å²) in [6, 6.07) is 0. The maximum absolute atomic E-state index is 3.78. The average Bonchev–Trinajstić information content (AvgIpc) is 2.08. The fourth-order valence-electron chi connectivity index (χ4n) is 0.197. The van der Waals surface area contributed by atoms with E-state index in [-0.39, 0.29) is 0 Å². The van der Waals surface area contributed by atoms with Crippen LogP contribution in [0.4, 0.5) is 0 Å². The molecule has 0 aromatic heterocycles. The lowest BCUT2D eigenvalue weighted by molar-refractivity contribution is 0.737. The lowest BCUT2D eigenvalue weighted by atomic mass is 10.3. The lowest BCUT2D eigenvalue weighted by Gasteiger charge is -1.79. The fourth-order valence-corrected chi connectivity index (χ4v) is 0.197. The molecule has 0 unspecified atom stereocenters. The topological polar surface area (TPSA) is 12.4 Å². The Labute approximate surface area is 84.3 Å². The van der Waals surface area contributed by atoms with Gasteiger partial charge in [0, 0.05) is 12.4 Å². The van der Waals surface area contributed by atoms with Crippen LogP contribution in [0.3, 0.4) is 0 Å². The fraction of sp³-hybridized carbons (Fsp3) is 0.583. The molecule has 0 fully saturated rings. The van der Waals surface area contributed by atoms with Gasteiger partial charge < -0.3 is 0 Å². The second-order valence-corrected chi connectivity index (χ2v) is 2.72. The minimum absolute atomic E-state index is 0.833. The van der Waals surface area contributed by atoms with E-state index in [2.05, 4.69) is 32.3 Å². The number of rotatable bonds is 2. The smallest absolute Gasteiger partial charge is 0.0263 e. The summed E-state index contributed by atoms with van der Waals surface area (Å²) in [6.45, 7) is 15.8. The summed E-state index contributed by atoms with van der Waals surface area (Å²) in [5.74, 6) is 0.833. The highest BCUT2D eigenvalue weighted by atomic mass is 14.6. The van der Waals surface area contributed by atoms with Crippen molar-refractivity contribution < 1.29 is 0 Å². The maximum atomic E-state index is 3.78. The Morgan fingerprint density at radius 1 is 1.15 bits per heavy atom. The van der Waals surface area contributed by atoms with Crippen molar-refractivity contribution in [3.05, 3.63) is 24.9 Å². The highest BCUT2D eigenvalue weighted by Gasteiger charge is 1.68. The van der Waals surface area contributed by atoms with Crippen LogP contribution in [-0.4, -0.2) is 6.21 Å². The molecular formula is C12H25N. The molecule has 0 aliphatic heterocycles. The highest BCUT2D eigenvalue weighted by Crippen LogP contribution is 1.81. The van der Waals surface area contributed by atoms with Gasteiger partial charge in [0.1, 0.15) is 0 Å². The van der Waals surface area contributed by atoms with Crippen LogP contribution in [0.5, 0.6) is 0 Å². The van der Waals surface area contributed by atoms with Crippen molar-refractivity contribution in [2.45, 2.75) is 41.5 Å². The SMILES string of the molecule is C=C/C=C\N=CC.CC.CC(C)C. The molecule has 0 rings (SSSR count). The molecule has 0 aliphatic carbocycles. The van der Waals surface area contributed by atoms with Gasteiger partial charge in [-0.15, -0.1) is 0 Å². The van der Waals surface area contributed by atoms with Crippen molar-refractivity contribution >= 4 is 6.21 Å². The van der Waals surface area contributed by atoms with Crippen molar-refractivity contribution in [1.82, 2.24) is 0 Å². The van der Waals surface area contributed by atoms with Gasteiger partial charge in [0.05, 0.1) is 0 Å². The summed E-state index contributed by atoms with van der Waals surface area (Å²) in [7, 11) is 0. The van der Waals surface area contributed by atoms with Gasteiger partial charge in [-0.25, -0.2) is 0 Å². The lowest BCUT2D eigenvalue weighted by Crippen LogP contribution is -1.66. The second-order valence-electron chi connectivity index (χ2n) is 2.72. The number of hydrogen-bond acceptors (Lipinski definition) is 1. The molecular weight excluding hydrogens is 158 g/mol. The minimum Gasteiger partial charge on any atom is -0.269 e. The summed E-state index contributed by atoms with van der Waals surface area (Å²) < 4.78 is 0. The molecule has 0 aromatic rings. The minimum atomic E-state index is 0.833. The summed E-state index contributed by atoms with van der Waals surface area (Å²) in [5.41, 5.74) is 0. The van der Waals surface area contributed by atoms with Gasteiger partial charge in [0.15, 0.2) is 0 Å². The Balaban J connectivity index is -0.000000142.